The molecule has 0 spiro atoms. The summed E-state index contributed by atoms with van der Waals surface area (Å²) >= 11 is 0. The Labute approximate surface area is 136 Å². The zero-order valence-corrected chi connectivity index (χ0v) is 12.9. The van der Waals surface area contributed by atoms with Crippen LogP contribution >= 0.6 is 0 Å². The second-order valence-corrected chi connectivity index (χ2v) is 6.18. The summed E-state index contributed by atoms with van der Waals surface area (Å²) in [6, 6.07) is 24.4. The largest absolute Gasteiger partial charge is 0.489 e. The molecule has 0 bridgehead atoms. The summed E-state index contributed by atoms with van der Waals surface area (Å²) in [7, 11) is -1.48. The predicted molar refractivity (Wildman–Crippen MR) is 93.7 cm³/mol. The topological polar surface area (TPSA) is 40.5 Å². The highest BCUT2D eigenvalue weighted by Crippen LogP contribution is 2.51. The van der Waals surface area contributed by atoms with Gasteiger partial charge in [0.25, 0.3) is 0 Å². The molecule has 0 saturated heterocycles. The summed E-state index contributed by atoms with van der Waals surface area (Å²) in [5, 5.41) is 19.6. The molecule has 0 saturated carbocycles. The highest BCUT2D eigenvalue weighted by atomic mass is 16.4. The van der Waals surface area contributed by atoms with E-state index in [1.54, 1.807) is 6.07 Å². The number of hydrogen-bond acceptors (Lipinski definition) is 2. The molecule has 3 aromatic rings. The first-order chi connectivity index (χ1) is 11.1. The molecule has 2 nitrogen and oxygen atoms in total. The molecular formula is C20H17BO2. The van der Waals surface area contributed by atoms with Crippen LogP contribution < -0.4 is 5.46 Å². The molecule has 0 radical (unpaired) electrons. The van der Waals surface area contributed by atoms with Gasteiger partial charge in [0.1, 0.15) is 0 Å². The summed E-state index contributed by atoms with van der Waals surface area (Å²) in [6.45, 7) is 2.21. The number of benzene rings is 3. The zero-order chi connectivity index (χ0) is 16.0. The van der Waals surface area contributed by atoms with Gasteiger partial charge in [0.05, 0.1) is 0 Å². The van der Waals surface area contributed by atoms with Gasteiger partial charge in [-0.05, 0) is 40.2 Å². The Bertz CT molecular complexity index is 874. The minimum atomic E-state index is -1.48. The van der Waals surface area contributed by atoms with Gasteiger partial charge in [-0.25, -0.2) is 0 Å². The van der Waals surface area contributed by atoms with E-state index in [-0.39, 0.29) is 5.41 Å². The molecule has 23 heavy (non-hydrogen) atoms. The van der Waals surface area contributed by atoms with Crippen LogP contribution in [0.25, 0.3) is 11.1 Å². The molecule has 1 aliphatic carbocycles. The van der Waals surface area contributed by atoms with Crippen LogP contribution in [0.3, 0.4) is 0 Å². The van der Waals surface area contributed by atoms with Crippen molar-refractivity contribution in [3.8, 4) is 11.1 Å². The van der Waals surface area contributed by atoms with Crippen LogP contribution in [-0.4, -0.2) is 17.2 Å². The lowest BCUT2D eigenvalue weighted by molar-refractivity contribution is 0.426. The van der Waals surface area contributed by atoms with Gasteiger partial charge in [-0.3, -0.25) is 0 Å². The van der Waals surface area contributed by atoms with Crippen molar-refractivity contribution in [3.63, 3.8) is 0 Å². The van der Waals surface area contributed by atoms with Gasteiger partial charge >= 0.3 is 7.12 Å². The molecule has 112 valence electrons. The van der Waals surface area contributed by atoms with Gasteiger partial charge in [0.2, 0.25) is 0 Å². The maximum atomic E-state index is 9.81. The van der Waals surface area contributed by atoms with Crippen LogP contribution in [0.4, 0.5) is 0 Å². The Morgan fingerprint density at radius 1 is 0.739 bits per heavy atom. The molecule has 3 heteroatoms. The van der Waals surface area contributed by atoms with Gasteiger partial charge < -0.3 is 10.0 Å². The number of hydrogen-bond donors (Lipinski definition) is 2. The lowest BCUT2D eigenvalue weighted by Gasteiger charge is -2.28. The van der Waals surface area contributed by atoms with E-state index in [0.29, 0.717) is 5.46 Å². The minimum Gasteiger partial charge on any atom is -0.423 e. The molecule has 0 aliphatic heterocycles. The first-order valence-corrected chi connectivity index (χ1v) is 7.79. The standard InChI is InChI=1S/C20H17BO2/c1-20(14-8-3-2-4-9-14)16-11-6-5-10-15(16)19-17(20)12-7-13-18(19)21(22)23/h2-13,22-23H,1H3. The van der Waals surface area contributed by atoms with Crippen LogP contribution in [0.2, 0.25) is 0 Å². The smallest absolute Gasteiger partial charge is 0.423 e. The average molecular weight is 300 g/mol. The Morgan fingerprint density at radius 2 is 1.39 bits per heavy atom. The van der Waals surface area contributed by atoms with Crippen molar-refractivity contribution in [3.05, 3.63) is 89.5 Å². The quantitative estimate of drug-likeness (QED) is 0.714. The molecule has 1 atom stereocenters. The number of fused-ring (bicyclic) bond motifs is 3. The van der Waals surface area contributed by atoms with Gasteiger partial charge in [-0.2, -0.15) is 0 Å². The molecule has 4 rings (SSSR count). The normalized spacial score (nSPS) is 18.4. The van der Waals surface area contributed by atoms with E-state index in [4.69, 9.17) is 0 Å². The third kappa shape index (κ3) is 1.91. The van der Waals surface area contributed by atoms with Crippen molar-refractivity contribution in [1.29, 1.82) is 0 Å². The Balaban J connectivity index is 2.11. The molecule has 1 unspecified atom stereocenters. The second kappa shape index (κ2) is 5.09. The van der Waals surface area contributed by atoms with Crippen molar-refractivity contribution in [2.75, 3.05) is 0 Å². The summed E-state index contributed by atoms with van der Waals surface area (Å²) in [5.41, 5.74) is 5.83. The van der Waals surface area contributed by atoms with Crippen LogP contribution in [0.5, 0.6) is 0 Å². The van der Waals surface area contributed by atoms with Gasteiger partial charge in [0, 0.05) is 5.41 Å². The Morgan fingerprint density at radius 3 is 2.13 bits per heavy atom. The van der Waals surface area contributed by atoms with Crippen LogP contribution in [-0.2, 0) is 5.41 Å². The van der Waals surface area contributed by atoms with E-state index >= 15 is 0 Å². The summed E-state index contributed by atoms with van der Waals surface area (Å²) in [4.78, 5) is 0. The Kier molecular flexibility index (Phi) is 3.15. The van der Waals surface area contributed by atoms with Crippen molar-refractivity contribution >= 4 is 12.6 Å². The molecule has 0 fully saturated rings. The maximum Gasteiger partial charge on any atom is 0.489 e. The van der Waals surface area contributed by atoms with Crippen molar-refractivity contribution < 1.29 is 10.0 Å². The van der Waals surface area contributed by atoms with Crippen molar-refractivity contribution in [2.24, 2.45) is 0 Å². The Hall–Kier alpha value is -2.36. The summed E-state index contributed by atoms with van der Waals surface area (Å²) in [6.07, 6.45) is 0. The van der Waals surface area contributed by atoms with Gasteiger partial charge in [-0.15, -0.1) is 0 Å². The zero-order valence-electron chi connectivity index (χ0n) is 12.9. The lowest BCUT2D eigenvalue weighted by atomic mass is 9.71. The number of rotatable bonds is 2. The van der Waals surface area contributed by atoms with E-state index in [2.05, 4.69) is 37.3 Å². The molecule has 0 amide bonds. The molecule has 1 aliphatic rings. The van der Waals surface area contributed by atoms with Crippen LogP contribution in [0, 0.1) is 0 Å². The first kappa shape index (κ1) is 14.3. The highest BCUT2D eigenvalue weighted by molar-refractivity contribution is 6.60. The van der Waals surface area contributed by atoms with E-state index in [0.717, 1.165) is 16.7 Å². The van der Waals surface area contributed by atoms with Crippen molar-refractivity contribution in [2.45, 2.75) is 12.3 Å². The lowest BCUT2D eigenvalue weighted by Crippen LogP contribution is -2.32. The van der Waals surface area contributed by atoms with E-state index in [9.17, 15) is 10.0 Å². The summed E-state index contributed by atoms with van der Waals surface area (Å²) < 4.78 is 0. The van der Waals surface area contributed by atoms with Gasteiger partial charge in [0.15, 0.2) is 0 Å². The molecule has 0 heterocycles. The predicted octanol–water partition coefficient (Wildman–Crippen LogP) is 2.70. The minimum absolute atomic E-state index is 0.294. The second-order valence-electron chi connectivity index (χ2n) is 6.18. The first-order valence-electron chi connectivity index (χ1n) is 7.79. The van der Waals surface area contributed by atoms with Crippen LogP contribution in [0.1, 0.15) is 23.6 Å². The van der Waals surface area contributed by atoms with Crippen molar-refractivity contribution in [1.82, 2.24) is 0 Å². The van der Waals surface area contributed by atoms with Crippen LogP contribution in [0.15, 0.2) is 72.8 Å². The highest BCUT2D eigenvalue weighted by Gasteiger charge is 2.42. The average Bonchev–Trinajstić information content (AvgIpc) is 2.87. The van der Waals surface area contributed by atoms with Gasteiger partial charge in [-0.1, -0.05) is 72.8 Å². The summed E-state index contributed by atoms with van der Waals surface area (Å²) in [5.74, 6) is 0. The van der Waals surface area contributed by atoms with E-state index in [1.807, 2.05) is 36.4 Å². The SMILES string of the molecule is CC1(c2ccccc2)c2ccccc2-c2c(B(O)O)cccc21. The van der Waals surface area contributed by atoms with E-state index < -0.39 is 7.12 Å². The third-order valence-electron chi connectivity index (χ3n) is 5.00. The fraction of sp³-hybridized carbons (Fsp3) is 0.100. The van der Waals surface area contributed by atoms with E-state index in [1.165, 1.54) is 11.1 Å². The monoisotopic (exact) mass is 300 g/mol. The molecular weight excluding hydrogens is 283 g/mol. The fourth-order valence-corrected chi connectivity index (χ4v) is 3.87. The maximum absolute atomic E-state index is 9.81. The molecule has 2 N–H and O–H groups in total. The fourth-order valence-electron chi connectivity index (χ4n) is 3.87. The molecule has 0 aromatic heterocycles. The third-order valence-corrected chi connectivity index (χ3v) is 5.00. The molecule has 3 aromatic carbocycles.